The fourth-order valence-corrected chi connectivity index (χ4v) is 2.69. The third-order valence-electron chi connectivity index (χ3n) is 3.97. The van der Waals surface area contributed by atoms with Gasteiger partial charge in [0.2, 0.25) is 5.75 Å². The fourth-order valence-electron chi connectivity index (χ4n) is 2.69. The lowest BCUT2D eigenvalue weighted by molar-refractivity contribution is -0.138. The molecule has 0 fully saturated rings. The number of benzene rings is 2. The Kier molecular flexibility index (Phi) is 5.68. The standard InChI is InChI=1S/C19H22O5/c1-12-5-7-13(8-6-12)11-15(19(20)21)14-9-10-16(22-2)18(24-4)17(14)23-3/h5-10,15H,11H2,1-4H3,(H,20,21). The lowest BCUT2D eigenvalue weighted by atomic mass is 9.90. The number of aryl methyl sites for hydroxylation is 1. The first-order chi connectivity index (χ1) is 11.5. The number of hydrogen-bond donors (Lipinski definition) is 1. The molecule has 0 spiro atoms. The quantitative estimate of drug-likeness (QED) is 0.842. The molecule has 0 aromatic heterocycles. The first-order valence-corrected chi connectivity index (χ1v) is 7.59. The van der Waals surface area contributed by atoms with Crippen LogP contribution in [-0.2, 0) is 11.2 Å². The summed E-state index contributed by atoms with van der Waals surface area (Å²) in [5.74, 6) is -0.384. The van der Waals surface area contributed by atoms with Crippen LogP contribution in [0.4, 0.5) is 0 Å². The Hall–Kier alpha value is -2.69. The van der Waals surface area contributed by atoms with E-state index in [4.69, 9.17) is 14.2 Å². The predicted molar refractivity (Wildman–Crippen MR) is 91.4 cm³/mol. The number of carbonyl (C=O) groups is 1. The van der Waals surface area contributed by atoms with E-state index in [0.717, 1.165) is 11.1 Å². The number of rotatable bonds is 7. The summed E-state index contributed by atoms with van der Waals surface area (Å²) in [6.07, 6.45) is 0.363. The molecule has 2 aromatic carbocycles. The summed E-state index contributed by atoms with van der Waals surface area (Å²) in [6, 6.07) is 11.2. The molecule has 0 aliphatic rings. The van der Waals surface area contributed by atoms with Gasteiger partial charge in [-0.3, -0.25) is 4.79 Å². The van der Waals surface area contributed by atoms with Crippen molar-refractivity contribution in [2.75, 3.05) is 21.3 Å². The van der Waals surface area contributed by atoms with Gasteiger partial charge in [-0.1, -0.05) is 35.9 Å². The van der Waals surface area contributed by atoms with Crippen LogP contribution in [-0.4, -0.2) is 32.4 Å². The van der Waals surface area contributed by atoms with Gasteiger partial charge in [0.05, 0.1) is 27.2 Å². The average Bonchev–Trinajstić information content (AvgIpc) is 2.59. The number of hydrogen-bond acceptors (Lipinski definition) is 4. The molecule has 2 rings (SSSR count). The van der Waals surface area contributed by atoms with E-state index >= 15 is 0 Å². The van der Waals surface area contributed by atoms with Crippen molar-refractivity contribution < 1.29 is 24.1 Å². The number of aliphatic carboxylic acids is 1. The van der Waals surface area contributed by atoms with Crippen LogP contribution in [0.5, 0.6) is 17.2 Å². The maximum atomic E-state index is 11.9. The largest absolute Gasteiger partial charge is 0.493 e. The van der Waals surface area contributed by atoms with Crippen molar-refractivity contribution >= 4 is 5.97 Å². The zero-order chi connectivity index (χ0) is 17.7. The zero-order valence-electron chi connectivity index (χ0n) is 14.3. The van der Waals surface area contributed by atoms with Crippen LogP contribution in [0.15, 0.2) is 36.4 Å². The highest BCUT2D eigenvalue weighted by Gasteiger charge is 2.27. The summed E-state index contributed by atoms with van der Waals surface area (Å²) in [5, 5.41) is 9.73. The molecule has 0 aliphatic heterocycles. The maximum absolute atomic E-state index is 11.9. The summed E-state index contributed by atoms with van der Waals surface area (Å²) in [4.78, 5) is 11.9. The summed E-state index contributed by atoms with van der Waals surface area (Å²) in [7, 11) is 4.52. The summed E-state index contributed by atoms with van der Waals surface area (Å²) >= 11 is 0. The average molecular weight is 330 g/mol. The van der Waals surface area contributed by atoms with Gasteiger partial charge < -0.3 is 19.3 Å². The summed E-state index contributed by atoms with van der Waals surface area (Å²) < 4.78 is 16.0. The van der Waals surface area contributed by atoms with Crippen molar-refractivity contribution in [2.24, 2.45) is 0 Å². The van der Waals surface area contributed by atoms with Crippen LogP contribution in [0.2, 0.25) is 0 Å². The van der Waals surface area contributed by atoms with Gasteiger partial charge in [0.25, 0.3) is 0 Å². The van der Waals surface area contributed by atoms with Gasteiger partial charge in [0.15, 0.2) is 11.5 Å². The molecule has 0 heterocycles. The molecule has 128 valence electrons. The molecule has 2 aromatic rings. The first-order valence-electron chi connectivity index (χ1n) is 7.59. The Bertz CT molecular complexity index is 706. The van der Waals surface area contributed by atoms with Crippen LogP contribution >= 0.6 is 0 Å². The molecule has 0 saturated carbocycles. The van der Waals surface area contributed by atoms with Crippen molar-refractivity contribution in [3.63, 3.8) is 0 Å². The molecule has 24 heavy (non-hydrogen) atoms. The summed E-state index contributed by atoms with van der Waals surface area (Å²) in [5.41, 5.74) is 2.64. The highest BCUT2D eigenvalue weighted by Crippen LogP contribution is 2.43. The SMILES string of the molecule is COc1ccc(C(Cc2ccc(C)cc2)C(=O)O)c(OC)c1OC. The molecular weight excluding hydrogens is 308 g/mol. The lowest BCUT2D eigenvalue weighted by Crippen LogP contribution is -2.16. The third-order valence-corrected chi connectivity index (χ3v) is 3.97. The molecule has 1 unspecified atom stereocenters. The van der Waals surface area contributed by atoms with Crippen LogP contribution in [0.25, 0.3) is 0 Å². The molecular formula is C19H22O5. The zero-order valence-corrected chi connectivity index (χ0v) is 14.3. The Balaban J connectivity index is 2.47. The van der Waals surface area contributed by atoms with E-state index in [9.17, 15) is 9.90 Å². The minimum Gasteiger partial charge on any atom is -0.493 e. The van der Waals surface area contributed by atoms with Gasteiger partial charge in [-0.25, -0.2) is 0 Å². The first kappa shape index (κ1) is 17.7. The minimum absolute atomic E-state index is 0.363. The van der Waals surface area contributed by atoms with E-state index in [1.165, 1.54) is 21.3 Å². The second-order valence-electron chi connectivity index (χ2n) is 5.50. The van der Waals surface area contributed by atoms with Crippen molar-refractivity contribution in [2.45, 2.75) is 19.3 Å². The third kappa shape index (κ3) is 3.62. The monoisotopic (exact) mass is 330 g/mol. The Morgan fingerprint density at radius 3 is 2.08 bits per heavy atom. The van der Waals surface area contributed by atoms with Crippen molar-refractivity contribution in [1.82, 2.24) is 0 Å². The Morgan fingerprint density at radius 2 is 1.58 bits per heavy atom. The van der Waals surface area contributed by atoms with E-state index in [2.05, 4.69) is 0 Å². The van der Waals surface area contributed by atoms with Crippen LogP contribution in [0.1, 0.15) is 22.6 Å². The highest BCUT2D eigenvalue weighted by atomic mass is 16.5. The predicted octanol–water partition coefficient (Wildman–Crippen LogP) is 3.43. The highest BCUT2D eigenvalue weighted by molar-refractivity contribution is 5.79. The van der Waals surface area contributed by atoms with Gasteiger partial charge in [0.1, 0.15) is 0 Å². The lowest BCUT2D eigenvalue weighted by Gasteiger charge is -2.20. The van der Waals surface area contributed by atoms with E-state index in [1.807, 2.05) is 31.2 Å². The smallest absolute Gasteiger partial charge is 0.311 e. The molecule has 0 bridgehead atoms. The normalized spacial score (nSPS) is 11.7. The second kappa shape index (κ2) is 7.73. The fraction of sp³-hybridized carbons (Fsp3) is 0.316. The number of ether oxygens (including phenoxy) is 3. The van der Waals surface area contributed by atoms with E-state index in [0.29, 0.717) is 29.2 Å². The van der Waals surface area contributed by atoms with Crippen molar-refractivity contribution in [3.8, 4) is 17.2 Å². The molecule has 1 atom stereocenters. The van der Waals surface area contributed by atoms with Gasteiger partial charge in [0, 0.05) is 5.56 Å². The topological polar surface area (TPSA) is 65.0 Å². The van der Waals surface area contributed by atoms with E-state index in [1.54, 1.807) is 12.1 Å². The molecule has 0 saturated heterocycles. The molecule has 5 heteroatoms. The van der Waals surface area contributed by atoms with Crippen molar-refractivity contribution in [3.05, 3.63) is 53.1 Å². The van der Waals surface area contributed by atoms with Crippen LogP contribution in [0.3, 0.4) is 0 Å². The minimum atomic E-state index is -0.916. The summed E-state index contributed by atoms with van der Waals surface area (Å²) in [6.45, 7) is 2.00. The van der Waals surface area contributed by atoms with Gasteiger partial charge in [-0.2, -0.15) is 0 Å². The number of carboxylic acid groups (broad SMARTS) is 1. The molecule has 0 amide bonds. The number of carboxylic acids is 1. The molecule has 1 N–H and O–H groups in total. The Labute approximate surface area is 141 Å². The maximum Gasteiger partial charge on any atom is 0.311 e. The van der Waals surface area contributed by atoms with E-state index in [-0.39, 0.29) is 0 Å². The molecule has 0 aliphatic carbocycles. The van der Waals surface area contributed by atoms with Crippen LogP contribution in [0, 0.1) is 6.92 Å². The van der Waals surface area contributed by atoms with Crippen molar-refractivity contribution in [1.29, 1.82) is 0 Å². The second-order valence-corrected chi connectivity index (χ2v) is 5.50. The molecule has 5 nitrogen and oxygen atoms in total. The van der Waals surface area contributed by atoms with Gasteiger partial charge >= 0.3 is 5.97 Å². The van der Waals surface area contributed by atoms with Gasteiger partial charge in [-0.05, 0) is 25.0 Å². The van der Waals surface area contributed by atoms with Crippen LogP contribution < -0.4 is 14.2 Å². The Morgan fingerprint density at radius 1 is 0.958 bits per heavy atom. The van der Waals surface area contributed by atoms with Gasteiger partial charge in [-0.15, -0.1) is 0 Å². The van der Waals surface area contributed by atoms with E-state index < -0.39 is 11.9 Å². The molecule has 0 radical (unpaired) electrons. The number of methoxy groups -OCH3 is 3.